The summed E-state index contributed by atoms with van der Waals surface area (Å²) in [5.74, 6) is 0.513. The van der Waals surface area contributed by atoms with Crippen molar-refractivity contribution in [2.45, 2.75) is 37.7 Å². The number of rotatable bonds is 5. The summed E-state index contributed by atoms with van der Waals surface area (Å²) < 4.78 is 38.4. The topological polar surface area (TPSA) is 81.6 Å². The van der Waals surface area contributed by atoms with Gasteiger partial charge in [0, 0.05) is 24.0 Å². The van der Waals surface area contributed by atoms with Gasteiger partial charge in [-0.1, -0.05) is 6.07 Å². The van der Waals surface area contributed by atoms with Crippen molar-refractivity contribution in [2.24, 2.45) is 0 Å². The van der Waals surface area contributed by atoms with Gasteiger partial charge in [-0.3, -0.25) is 0 Å². The maximum atomic E-state index is 12.9. The Hall–Kier alpha value is -2.19. The standard InChI is InChI=1S/C18H23N3O4S/c1-13-10-14(2)20-18(19-13)25-16-7-5-9-21(12-16)26(22,23)17-8-4-6-15(11-17)24-3/h4,6,8,10-11,16H,5,7,9,12H2,1-3H3. The molecule has 8 heteroatoms. The normalized spacial score (nSPS) is 18.5. The van der Waals surface area contributed by atoms with Crippen LogP contribution in [0.1, 0.15) is 24.2 Å². The number of nitrogens with zero attached hydrogens (tertiary/aromatic N) is 3. The van der Waals surface area contributed by atoms with E-state index in [1.54, 1.807) is 18.2 Å². The van der Waals surface area contributed by atoms with E-state index in [2.05, 4.69) is 9.97 Å². The number of sulfonamides is 1. The Kier molecular flexibility index (Phi) is 5.43. The van der Waals surface area contributed by atoms with E-state index in [0.717, 1.165) is 24.2 Å². The molecule has 1 aliphatic rings. The third-order valence-electron chi connectivity index (χ3n) is 4.25. The second-order valence-electron chi connectivity index (χ2n) is 6.36. The molecule has 0 N–H and O–H groups in total. The van der Waals surface area contributed by atoms with Gasteiger partial charge in [-0.15, -0.1) is 0 Å². The lowest BCUT2D eigenvalue weighted by atomic mass is 10.1. The number of ether oxygens (including phenoxy) is 2. The van der Waals surface area contributed by atoms with E-state index in [9.17, 15) is 8.42 Å². The summed E-state index contributed by atoms with van der Waals surface area (Å²) in [6.07, 6.45) is 1.21. The molecule has 0 spiro atoms. The zero-order valence-corrected chi connectivity index (χ0v) is 16.0. The highest BCUT2D eigenvalue weighted by Crippen LogP contribution is 2.25. The fourth-order valence-electron chi connectivity index (χ4n) is 3.03. The Morgan fingerprint density at radius 3 is 2.58 bits per heavy atom. The zero-order valence-electron chi connectivity index (χ0n) is 15.2. The van der Waals surface area contributed by atoms with Gasteiger partial charge in [0.15, 0.2) is 0 Å². The van der Waals surface area contributed by atoms with Crippen LogP contribution in [-0.2, 0) is 10.0 Å². The SMILES string of the molecule is COc1cccc(S(=O)(=O)N2CCCC(Oc3nc(C)cc(C)n3)C2)c1. The number of aromatic nitrogens is 2. The zero-order chi connectivity index (χ0) is 18.7. The molecule has 1 aromatic heterocycles. The molecule has 0 aliphatic carbocycles. The van der Waals surface area contributed by atoms with Gasteiger partial charge in [-0.05, 0) is 44.9 Å². The van der Waals surface area contributed by atoms with E-state index < -0.39 is 10.0 Å². The van der Waals surface area contributed by atoms with E-state index in [4.69, 9.17) is 9.47 Å². The van der Waals surface area contributed by atoms with Crippen molar-refractivity contribution in [2.75, 3.05) is 20.2 Å². The average Bonchev–Trinajstić information content (AvgIpc) is 2.61. The summed E-state index contributed by atoms with van der Waals surface area (Å²) in [7, 11) is -2.09. The Morgan fingerprint density at radius 1 is 1.15 bits per heavy atom. The Morgan fingerprint density at radius 2 is 1.88 bits per heavy atom. The van der Waals surface area contributed by atoms with Gasteiger partial charge in [0.1, 0.15) is 11.9 Å². The molecule has 0 saturated carbocycles. The van der Waals surface area contributed by atoms with Gasteiger partial charge in [-0.2, -0.15) is 4.31 Å². The van der Waals surface area contributed by atoms with Gasteiger partial charge in [0.25, 0.3) is 0 Å². The maximum Gasteiger partial charge on any atom is 0.317 e. The third kappa shape index (κ3) is 4.13. The Labute approximate surface area is 154 Å². The van der Waals surface area contributed by atoms with Gasteiger partial charge in [0.2, 0.25) is 10.0 Å². The van der Waals surface area contributed by atoms with Crippen molar-refractivity contribution in [3.8, 4) is 11.8 Å². The summed E-state index contributed by atoms with van der Waals surface area (Å²) in [5, 5.41) is 0. The number of methoxy groups -OCH3 is 1. The summed E-state index contributed by atoms with van der Waals surface area (Å²) in [4.78, 5) is 8.78. The molecule has 140 valence electrons. The lowest BCUT2D eigenvalue weighted by Gasteiger charge is -2.31. The van der Waals surface area contributed by atoms with Crippen LogP contribution in [0.4, 0.5) is 0 Å². The van der Waals surface area contributed by atoms with E-state index in [-0.39, 0.29) is 17.5 Å². The second kappa shape index (κ2) is 7.59. The number of hydrogen-bond donors (Lipinski definition) is 0. The van der Waals surface area contributed by atoms with Crippen LogP contribution in [0.25, 0.3) is 0 Å². The predicted octanol–water partition coefficient (Wildman–Crippen LogP) is 2.33. The molecule has 1 aromatic carbocycles. The molecular weight excluding hydrogens is 354 g/mol. The minimum absolute atomic E-state index is 0.222. The lowest BCUT2D eigenvalue weighted by molar-refractivity contribution is 0.119. The number of piperidine rings is 1. The van der Waals surface area contributed by atoms with E-state index in [1.807, 2.05) is 19.9 Å². The van der Waals surface area contributed by atoms with E-state index in [1.165, 1.54) is 17.5 Å². The van der Waals surface area contributed by atoms with Gasteiger partial charge in [-0.25, -0.2) is 18.4 Å². The van der Waals surface area contributed by atoms with Gasteiger partial charge < -0.3 is 9.47 Å². The molecule has 26 heavy (non-hydrogen) atoms. The highest BCUT2D eigenvalue weighted by atomic mass is 32.2. The molecule has 1 saturated heterocycles. The summed E-state index contributed by atoms with van der Waals surface area (Å²) in [5.41, 5.74) is 1.65. The molecule has 0 amide bonds. The number of aryl methyl sites for hydroxylation is 2. The molecule has 1 unspecified atom stereocenters. The first kappa shape index (κ1) is 18.6. The monoisotopic (exact) mass is 377 g/mol. The summed E-state index contributed by atoms with van der Waals surface area (Å²) in [6, 6.07) is 8.68. The van der Waals surface area contributed by atoms with Gasteiger partial charge >= 0.3 is 6.01 Å². The van der Waals surface area contributed by atoms with Crippen LogP contribution in [0.5, 0.6) is 11.8 Å². The molecule has 3 rings (SSSR count). The highest BCUT2D eigenvalue weighted by molar-refractivity contribution is 7.89. The quantitative estimate of drug-likeness (QED) is 0.795. The first-order valence-corrected chi connectivity index (χ1v) is 9.95. The molecule has 1 atom stereocenters. The Balaban J connectivity index is 1.76. The Bertz CT molecular complexity index is 866. The highest BCUT2D eigenvalue weighted by Gasteiger charge is 2.31. The van der Waals surface area contributed by atoms with Crippen LogP contribution in [0, 0.1) is 13.8 Å². The lowest BCUT2D eigenvalue weighted by Crippen LogP contribution is -2.44. The molecule has 1 fully saturated rings. The van der Waals surface area contributed by atoms with Crippen molar-refractivity contribution in [1.29, 1.82) is 0 Å². The first-order valence-electron chi connectivity index (χ1n) is 8.51. The van der Waals surface area contributed by atoms with Gasteiger partial charge in [0.05, 0.1) is 18.6 Å². The molecule has 2 heterocycles. The fourth-order valence-corrected chi connectivity index (χ4v) is 4.57. The molecule has 0 bridgehead atoms. The molecular formula is C18H23N3O4S. The minimum Gasteiger partial charge on any atom is -0.497 e. The first-order chi connectivity index (χ1) is 12.4. The van der Waals surface area contributed by atoms with Crippen molar-refractivity contribution in [3.63, 3.8) is 0 Å². The molecule has 2 aromatic rings. The third-order valence-corrected chi connectivity index (χ3v) is 6.11. The van der Waals surface area contributed by atoms with Crippen LogP contribution in [0.2, 0.25) is 0 Å². The second-order valence-corrected chi connectivity index (χ2v) is 8.30. The van der Waals surface area contributed by atoms with Crippen molar-refractivity contribution < 1.29 is 17.9 Å². The van der Waals surface area contributed by atoms with Crippen LogP contribution < -0.4 is 9.47 Å². The van der Waals surface area contributed by atoms with Crippen LogP contribution in [0.15, 0.2) is 35.2 Å². The molecule has 1 aliphatic heterocycles. The van der Waals surface area contributed by atoms with Crippen molar-refractivity contribution in [3.05, 3.63) is 41.7 Å². The largest absolute Gasteiger partial charge is 0.497 e. The minimum atomic E-state index is -3.60. The fraction of sp³-hybridized carbons (Fsp3) is 0.444. The van der Waals surface area contributed by atoms with Crippen LogP contribution in [-0.4, -0.2) is 49.0 Å². The van der Waals surface area contributed by atoms with Crippen LogP contribution >= 0.6 is 0 Å². The smallest absolute Gasteiger partial charge is 0.317 e. The van der Waals surface area contributed by atoms with E-state index in [0.29, 0.717) is 18.3 Å². The number of hydrogen-bond acceptors (Lipinski definition) is 6. The summed E-state index contributed by atoms with van der Waals surface area (Å²) >= 11 is 0. The van der Waals surface area contributed by atoms with Crippen LogP contribution in [0.3, 0.4) is 0 Å². The number of benzene rings is 1. The predicted molar refractivity (Wildman–Crippen MR) is 96.9 cm³/mol. The maximum absolute atomic E-state index is 12.9. The molecule has 0 radical (unpaired) electrons. The van der Waals surface area contributed by atoms with Crippen molar-refractivity contribution in [1.82, 2.24) is 14.3 Å². The van der Waals surface area contributed by atoms with Crippen molar-refractivity contribution >= 4 is 10.0 Å². The van der Waals surface area contributed by atoms with E-state index >= 15 is 0 Å². The molecule has 7 nitrogen and oxygen atoms in total. The average molecular weight is 377 g/mol. The summed E-state index contributed by atoms with van der Waals surface area (Å²) in [6.45, 7) is 4.49.